The molecule has 0 bridgehead atoms. The summed E-state index contributed by atoms with van der Waals surface area (Å²) in [6.45, 7) is 1.03. The van der Waals surface area contributed by atoms with Gasteiger partial charge in [-0.25, -0.2) is 0 Å². The lowest BCUT2D eigenvalue weighted by Gasteiger charge is -2.13. The molecule has 70 valence electrons. The van der Waals surface area contributed by atoms with E-state index in [9.17, 15) is 0 Å². The van der Waals surface area contributed by atoms with Crippen molar-refractivity contribution in [1.82, 2.24) is 4.90 Å². The molecule has 0 aromatic rings. The zero-order valence-electron chi connectivity index (χ0n) is 8.17. The highest BCUT2D eigenvalue weighted by molar-refractivity contribution is 5.54. The second kappa shape index (κ2) is 3.20. The third-order valence-corrected chi connectivity index (χ3v) is 3.01. The molecule has 0 atom stereocenters. The maximum atomic E-state index is 8.81. The van der Waals surface area contributed by atoms with Crippen LogP contribution in [0.5, 0.6) is 0 Å². The van der Waals surface area contributed by atoms with Crippen molar-refractivity contribution in [2.75, 3.05) is 13.6 Å². The third-order valence-electron chi connectivity index (χ3n) is 3.01. The quantitative estimate of drug-likeness (QED) is 0.540. The average molecular weight is 185 g/mol. The summed E-state index contributed by atoms with van der Waals surface area (Å²) in [6.07, 6.45) is 2.85. The number of hydrogen-bond acceptors (Lipinski definition) is 3. The predicted molar refractivity (Wildman–Crippen MR) is 51.8 cm³/mol. The van der Waals surface area contributed by atoms with Crippen molar-refractivity contribution in [2.24, 2.45) is 0 Å². The van der Waals surface area contributed by atoms with Gasteiger partial charge in [0.2, 0.25) is 0 Å². The summed E-state index contributed by atoms with van der Waals surface area (Å²) in [7, 11) is 2.07. The highest BCUT2D eigenvalue weighted by Crippen LogP contribution is 2.40. The van der Waals surface area contributed by atoms with Crippen LogP contribution in [0.25, 0.3) is 0 Å². The minimum absolute atomic E-state index is 0.310. The Bertz CT molecular complexity index is 399. The van der Waals surface area contributed by atoms with E-state index < -0.39 is 0 Å². The molecule has 1 heterocycles. The van der Waals surface area contributed by atoms with E-state index in [1.54, 1.807) is 0 Å². The maximum Gasteiger partial charge on any atom is 0.133 e. The van der Waals surface area contributed by atoms with E-state index in [4.69, 9.17) is 10.5 Å². The van der Waals surface area contributed by atoms with Crippen LogP contribution in [-0.2, 0) is 0 Å². The van der Waals surface area contributed by atoms with Crippen LogP contribution in [0, 0.1) is 22.7 Å². The molecule has 1 aliphatic heterocycles. The Balaban J connectivity index is 2.46. The van der Waals surface area contributed by atoms with Crippen molar-refractivity contribution in [3.05, 3.63) is 22.4 Å². The van der Waals surface area contributed by atoms with Gasteiger partial charge < -0.3 is 4.90 Å². The normalized spacial score (nSPS) is 19.4. The Labute approximate surface area is 83.5 Å². The summed E-state index contributed by atoms with van der Waals surface area (Å²) in [5.41, 5.74) is 3.90. The molecule has 0 spiro atoms. The Morgan fingerprint density at radius 1 is 1.21 bits per heavy atom. The van der Waals surface area contributed by atoms with Crippen LogP contribution in [0.4, 0.5) is 0 Å². The van der Waals surface area contributed by atoms with Crippen molar-refractivity contribution in [3.63, 3.8) is 0 Å². The fraction of sp³-hybridized carbons (Fsp3) is 0.455. The summed E-state index contributed by atoms with van der Waals surface area (Å²) in [5, 5.41) is 17.6. The molecule has 0 saturated heterocycles. The van der Waals surface area contributed by atoms with E-state index in [2.05, 4.69) is 11.9 Å². The summed E-state index contributed by atoms with van der Waals surface area (Å²) in [6, 6.07) is 3.97. The number of nitrogens with zero attached hydrogens (tertiary/aromatic N) is 3. The topological polar surface area (TPSA) is 50.8 Å². The third kappa shape index (κ3) is 1.10. The van der Waals surface area contributed by atoms with Crippen molar-refractivity contribution in [2.45, 2.75) is 19.3 Å². The van der Waals surface area contributed by atoms with Crippen molar-refractivity contribution in [3.8, 4) is 12.1 Å². The van der Waals surface area contributed by atoms with Gasteiger partial charge in [0.1, 0.15) is 17.7 Å². The highest BCUT2D eigenvalue weighted by Gasteiger charge is 2.29. The van der Waals surface area contributed by atoms with Gasteiger partial charge in [0.05, 0.1) is 0 Å². The summed E-state index contributed by atoms with van der Waals surface area (Å²) in [4.78, 5) is 2.23. The standard InChI is InChI=1S/C11H11N3/c1-14-5-4-10-9(2-3-11(10)14)8(6-12)7-13/h2-5H2,1H3. The molecule has 0 saturated carbocycles. The van der Waals surface area contributed by atoms with Crippen LogP contribution in [0.1, 0.15) is 19.3 Å². The average Bonchev–Trinajstić information content (AvgIpc) is 2.74. The Morgan fingerprint density at radius 3 is 2.57 bits per heavy atom. The van der Waals surface area contributed by atoms with E-state index in [-0.39, 0.29) is 0 Å². The van der Waals surface area contributed by atoms with Crippen LogP contribution in [-0.4, -0.2) is 18.5 Å². The second-order valence-corrected chi connectivity index (χ2v) is 3.67. The van der Waals surface area contributed by atoms with Crippen LogP contribution in [0.2, 0.25) is 0 Å². The van der Waals surface area contributed by atoms with Crippen LogP contribution >= 0.6 is 0 Å². The number of allylic oxidation sites excluding steroid dienone is 3. The minimum atomic E-state index is 0.310. The van der Waals surface area contributed by atoms with Crippen molar-refractivity contribution in [1.29, 1.82) is 10.5 Å². The van der Waals surface area contributed by atoms with E-state index in [0.717, 1.165) is 31.4 Å². The Morgan fingerprint density at radius 2 is 1.93 bits per heavy atom. The van der Waals surface area contributed by atoms with Gasteiger partial charge in [0.15, 0.2) is 0 Å². The van der Waals surface area contributed by atoms with Gasteiger partial charge in [-0.3, -0.25) is 0 Å². The molecule has 0 N–H and O–H groups in total. The van der Waals surface area contributed by atoms with E-state index in [1.807, 2.05) is 12.1 Å². The number of nitriles is 2. The first-order valence-corrected chi connectivity index (χ1v) is 4.74. The fourth-order valence-corrected chi connectivity index (χ4v) is 2.29. The summed E-state index contributed by atoms with van der Waals surface area (Å²) < 4.78 is 0. The van der Waals surface area contributed by atoms with Crippen molar-refractivity contribution < 1.29 is 0 Å². The fourth-order valence-electron chi connectivity index (χ4n) is 2.29. The second-order valence-electron chi connectivity index (χ2n) is 3.67. The molecule has 0 fully saturated rings. The van der Waals surface area contributed by atoms with Gasteiger partial charge >= 0.3 is 0 Å². The number of hydrogen-bond donors (Lipinski definition) is 0. The lowest BCUT2D eigenvalue weighted by molar-refractivity contribution is 0.442. The molecule has 14 heavy (non-hydrogen) atoms. The molecule has 2 aliphatic rings. The first-order chi connectivity index (χ1) is 6.77. The highest BCUT2D eigenvalue weighted by atomic mass is 15.1. The molecule has 3 heteroatoms. The Hall–Kier alpha value is -1.74. The molecule has 3 nitrogen and oxygen atoms in total. The minimum Gasteiger partial charge on any atom is -0.377 e. The van der Waals surface area contributed by atoms with Gasteiger partial charge in [0.25, 0.3) is 0 Å². The zero-order chi connectivity index (χ0) is 10.1. The lowest BCUT2D eigenvalue weighted by Crippen LogP contribution is -2.12. The smallest absolute Gasteiger partial charge is 0.133 e. The SMILES string of the molecule is CN1CCC2=C1CCC2=C(C#N)C#N. The van der Waals surface area contributed by atoms with Crippen LogP contribution in [0.15, 0.2) is 22.4 Å². The van der Waals surface area contributed by atoms with Gasteiger partial charge in [-0.1, -0.05) is 0 Å². The van der Waals surface area contributed by atoms with Gasteiger partial charge in [-0.15, -0.1) is 0 Å². The summed E-state index contributed by atoms with van der Waals surface area (Å²) in [5.74, 6) is 0. The van der Waals surface area contributed by atoms with Gasteiger partial charge in [0, 0.05) is 19.3 Å². The monoisotopic (exact) mass is 185 g/mol. The van der Waals surface area contributed by atoms with E-state index in [1.165, 1.54) is 11.3 Å². The molecule has 0 unspecified atom stereocenters. The van der Waals surface area contributed by atoms with Crippen LogP contribution in [0.3, 0.4) is 0 Å². The first-order valence-electron chi connectivity index (χ1n) is 4.74. The van der Waals surface area contributed by atoms with Crippen molar-refractivity contribution >= 4 is 0 Å². The largest absolute Gasteiger partial charge is 0.377 e. The molecule has 1 aliphatic carbocycles. The molecular formula is C11H11N3. The number of likely N-dealkylation sites (tertiary alicyclic amines) is 1. The van der Waals surface area contributed by atoms with E-state index in [0.29, 0.717) is 5.57 Å². The molecule has 0 radical (unpaired) electrons. The molecule has 0 amide bonds. The number of rotatable bonds is 0. The maximum absolute atomic E-state index is 8.81. The first kappa shape index (κ1) is 8.84. The molecule has 0 aromatic heterocycles. The van der Waals surface area contributed by atoms with E-state index >= 15 is 0 Å². The summed E-state index contributed by atoms with van der Waals surface area (Å²) >= 11 is 0. The Kier molecular flexibility index (Phi) is 2.02. The van der Waals surface area contributed by atoms with Gasteiger partial charge in [-0.05, 0) is 30.4 Å². The molecular weight excluding hydrogens is 174 g/mol. The lowest BCUT2D eigenvalue weighted by atomic mass is 10.0. The molecule has 0 aromatic carbocycles. The zero-order valence-corrected chi connectivity index (χ0v) is 8.17. The van der Waals surface area contributed by atoms with Gasteiger partial charge in [-0.2, -0.15) is 10.5 Å². The van der Waals surface area contributed by atoms with Crippen LogP contribution < -0.4 is 0 Å². The predicted octanol–water partition coefficient (Wildman–Crippen LogP) is 1.71. The molecule has 2 rings (SSSR count).